The maximum Gasteiger partial charge on any atom is 0.306 e. The van der Waals surface area contributed by atoms with E-state index in [9.17, 15) is 10.1 Å². The second-order valence-corrected chi connectivity index (χ2v) is 4.65. The average Bonchev–Trinajstić information content (AvgIpc) is 3.03. The molecule has 1 atom stereocenters. The third-order valence-electron chi connectivity index (χ3n) is 3.15. The quantitative estimate of drug-likeness (QED) is 0.579. The maximum atomic E-state index is 11.2. The zero-order valence-corrected chi connectivity index (χ0v) is 11.3. The minimum atomic E-state index is -1.49. The fourth-order valence-corrected chi connectivity index (χ4v) is 2.08. The molecule has 2 heterocycles. The zero-order chi connectivity index (χ0) is 15.6. The van der Waals surface area contributed by atoms with Gasteiger partial charge in [-0.05, 0) is 16.0 Å². The van der Waals surface area contributed by atoms with E-state index in [0.29, 0.717) is 12.1 Å². The third-order valence-corrected chi connectivity index (χ3v) is 3.15. The van der Waals surface area contributed by atoms with Gasteiger partial charge in [0.05, 0.1) is 4.92 Å². The Kier molecular flexibility index (Phi) is 3.35. The second-order valence-electron chi connectivity index (χ2n) is 4.65. The molecule has 0 saturated heterocycles. The summed E-state index contributed by atoms with van der Waals surface area (Å²) in [7, 11) is 0. The first-order valence-corrected chi connectivity index (χ1v) is 6.36. The number of benzene rings is 1. The Bertz CT molecular complexity index is 740. The minimum Gasteiger partial charge on any atom is -0.327 e. The number of aromatic nitrogens is 4. The van der Waals surface area contributed by atoms with E-state index in [4.69, 9.17) is 5.73 Å². The van der Waals surface area contributed by atoms with E-state index < -0.39 is 10.8 Å². The van der Waals surface area contributed by atoms with Gasteiger partial charge in [-0.2, -0.15) is 4.68 Å². The van der Waals surface area contributed by atoms with Gasteiger partial charge in [-0.25, -0.2) is 4.99 Å². The molecule has 0 amide bonds. The molecule has 0 fully saturated rings. The number of hydrogen-bond donors (Lipinski definition) is 2. The van der Waals surface area contributed by atoms with E-state index in [2.05, 4.69) is 25.8 Å². The van der Waals surface area contributed by atoms with Crippen LogP contribution < -0.4 is 11.1 Å². The highest BCUT2D eigenvalue weighted by Crippen LogP contribution is 2.19. The molecule has 3 N–H and O–H groups in total. The highest BCUT2D eigenvalue weighted by molar-refractivity contribution is 5.77. The summed E-state index contributed by atoms with van der Waals surface area (Å²) >= 11 is 0. The van der Waals surface area contributed by atoms with Crippen LogP contribution in [0.3, 0.4) is 0 Å². The number of rotatable bonds is 4. The molecule has 0 bridgehead atoms. The Balaban J connectivity index is 1.95. The topological polar surface area (TPSA) is 137 Å². The van der Waals surface area contributed by atoms with Crippen LogP contribution in [0.1, 0.15) is 5.56 Å². The Morgan fingerprint density at radius 2 is 2.14 bits per heavy atom. The molecular formula is C12H12N8O2. The Hall–Kier alpha value is -3.14. The van der Waals surface area contributed by atoms with E-state index in [0.717, 1.165) is 11.8 Å². The first-order valence-electron chi connectivity index (χ1n) is 6.36. The molecule has 112 valence electrons. The number of nitrogens with zero attached hydrogens (tertiary/aromatic N) is 6. The van der Waals surface area contributed by atoms with Crippen LogP contribution in [0.25, 0.3) is 0 Å². The SMILES string of the molecule is NC1(n2cnnn2)N=CC([N+](=O)[O-])=C(Cc2ccccc2)N1. The zero-order valence-electron chi connectivity index (χ0n) is 11.3. The number of nitrogens with one attached hydrogen (secondary N) is 1. The van der Waals surface area contributed by atoms with Gasteiger partial charge in [0.15, 0.2) is 0 Å². The molecule has 10 heteroatoms. The van der Waals surface area contributed by atoms with Crippen molar-refractivity contribution in [3.63, 3.8) is 0 Å². The monoisotopic (exact) mass is 300 g/mol. The first-order chi connectivity index (χ1) is 10.6. The fraction of sp³-hybridized carbons (Fsp3) is 0.167. The molecule has 10 nitrogen and oxygen atoms in total. The van der Waals surface area contributed by atoms with E-state index in [-0.39, 0.29) is 5.70 Å². The molecule has 0 spiro atoms. The predicted octanol–water partition coefficient (Wildman–Crippen LogP) is -0.395. The molecule has 0 aliphatic carbocycles. The van der Waals surface area contributed by atoms with Crippen molar-refractivity contribution < 1.29 is 4.92 Å². The van der Waals surface area contributed by atoms with Crippen molar-refractivity contribution in [3.8, 4) is 0 Å². The fourth-order valence-electron chi connectivity index (χ4n) is 2.08. The standard InChI is InChI=1S/C12H12N8O2/c13-12(19-8-15-17-18-19)14-7-11(20(21)22)10(16-12)6-9-4-2-1-3-5-9/h1-5,7-8,16H,6,13H2. The van der Waals surface area contributed by atoms with Crippen LogP contribution in [0.5, 0.6) is 0 Å². The van der Waals surface area contributed by atoms with Gasteiger partial charge < -0.3 is 5.32 Å². The number of tetrazole rings is 1. The summed E-state index contributed by atoms with van der Waals surface area (Å²) in [5, 5.41) is 24.7. The molecular weight excluding hydrogens is 288 g/mol. The number of nitrogens with two attached hydrogens (primary N) is 1. The van der Waals surface area contributed by atoms with Crippen molar-refractivity contribution in [2.24, 2.45) is 10.7 Å². The van der Waals surface area contributed by atoms with Gasteiger partial charge in [0.1, 0.15) is 18.2 Å². The summed E-state index contributed by atoms with van der Waals surface area (Å²) in [4.78, 5) is 14.6. The van der Waals surface area contributed by atoms with Crippen molar-refractivity contribution in [2.75, 3.05) is 0 Å². The van der Waals surface area contributed by atoms with Gasteiger partial charge in [0.2, 0.25) is 0 Å². The smallest absolute Gasteiger partial charge is 0.306 e. The number of nitro groups is 1. The van der Waals surface area contributed by atoms with Crippen LogP contribution in [-0.2, 0) is 12.3 Å². The van der Waals surface area contributed by atoms with Crippen LogP contribution >= 0.6 is 0 Å². The summed E-state index contributed by atoms with van der Waals surface area (Å²) in [5.74, 6) is -1.49. The lowest BCUT2D eigenvalue weighted by molar-refractivity contribution is -0.416. The maximum absolute atomic E-state index is 11.2. The number of allylic oxidation sites excluding steroid dienone is 2. The molecule has 3 rings (SSSR count). The predicted molar refractivity (Wildman–Crippen MR) is 75.8 cm³/mol. The Morgan fingerprint density at radius 3 is 2.77 bits per heavy atom. The Morgan fingerprint density at radius 1 is 1.36 bits per heavy atom. The first kappa shape index (κ1) is 13.8. The van der Waals surface area contributed by atoms with Gasteiger partial charge in [-0.1, -0.05) is 30.3 Å². The highest BCUT2D eigenvalue weighted by atomic mass is 16.6. The van der Waals surface area contributed by atoms with Crippen LogP contribution in [0.4, 0.5) is 0 Å². The van der Waals surface area contributed by atoms with E-state index in [1.807, 2.05) is 30.3 Å². The summed E-state index contributed by atoms with van der Waals surface area (Å²) in [5.41, 5.74) is 7.18. The van der Waals surface area contributed by atoms with Crippen molar-refractivity contribution in [1.29, 1.82) is 0 Å². The average molecular weight is 300 g/mol. The molecule has 1 aromatic heterocycles. The lowest BCUT2D eigenvalue weighted by atomic mass is 10.1. The van der Waals surface area contributed by atoms with Crippen molar-refractivity contribution in [2.45, 2.75) is 12.3 Å². The number of aliphatic imine (C=N–C) groups is 1. The van der Waals surface area contributed by atoms with E-state index in [1.165, 1.54) is 11.0 Å². The molecule has 1 aliphatic heterocycles. The highest BCUT2D eigenvalue weighted by Gasteiger charge is 2.35. The lowest BCUT2D eigenvalue weighted by Gasteiger charge is -2.29. The Labute approximate surface area is 124 Å². The molecule has 1 aromatic carbocycles. The van der Waals surface area contributed by atoms with E-state index in [1.54, 1.807) is 0 Å². The van der Waals surface area contributed by atoms with Gasteiger partial charge in [0, 0.05) is 6.42 Å². The minimum absolute atomic E-state index is 0.141. The lowest BCUT2D eigenvalue weighted by Crippen LogP contribution is -2.56. The van der Waals surface area contributed by atoms with Crippen molar-refractivity contribution in [3.05, 3.63) is 63.7 Å². The molecule has 1 unspecified atom stereocenters. The van der Waals surface area contributed by atoms with E-state index >= 15 is 0 Å². The van der Waals surface area contributed by atoms with Crippen LogP contribution in [0.15, 0.2) is 53.0 Å². The van der Waals surface area contributed by atoms with Gasteiger partial charge in [-0.3, -0.25) is 15.8 Å². The number of hydrogen-bond acceptors (Lipinski definition) is 8. The molecule has 2 aromatic rings. The van der Waals surface area contributed by atoms with Crippen LogP contribution in [0.2, 0.25) is 0 Å². The van der Waals surface area contributed by atoms with Gasteiger partial charge in [0.25, 0.3) is 5.91 Å². The summed E-state index contributed by atoms with van der Waals surface area (Å²) in [6.07, 6.45) is 2.71. The molecule has 22 heavy (non-hydrogen) atoms. The molecule has 1 aliphatic rings. The van der Waals surface area contributed by atoms with Gasteiger partial charge in [-0.15, -0.1) is 5.10 Å². The summed E-state index contributed by atoms with van der Waals surface area (Å²) in [6, 6.07) is 9.32. The molecule has 0 saturated carbocycles. The third kappa shape index (κ3) is 2.54. The van der Waals surface area contributed by atoms with Crippen LogP contribution in [0, 0.1) is 10.1 Å². The summed E-state index contributed by atoms with van der Waals surface area (Å²) in [6.45, 7) is 0. The normalized spacial score (nSPS) is 20.8. The van der Waals surface area contributed by atoms with Gasteiger partial charge >= 0.3 is 5.70 Å². The largest absolute Gasteiger partial charge is 0.327 e. The van der Waals surface area contributed by atoms with Crippen LogP contribution in [-0.4, -0.2) is 31.3 Å². The molecule has 0 radical (unpaired) electrons. The van der Waals surface area contributed by atoms with Crippen molar-refractivity contribution in [1.82, 2.24) is 25.5 Å². The van der Waals surface area contributed by atoms with Crippen molar-refractivity contribution >= 4 is 6.21 Å². The second kappa shape index (κ2) is 5.33. The summed E-state index contributed by atoms with van der Waals surface area (Å²) < 4.78 is 1.19.